The van der Waals surface area contributed by atoms with Crippen molar-refractivity contribution in [3.8, 4) is 5.75 Å². The van der Waals surface area contributed by atoms with Gasteiger partial charge in [-0.3, -0.25) is 0 Å². The molecule has 0 radical (unpaired) electrons. The fourth-order valence-corrected chi connectivity index (χ4v) is 4.33. The molecule has 0 bridgehead atoms. The fourth-order valence-electron chi connectivity index (χ4n) is 2.39. The highest BCUT2D eigenvalue weighted by Crippen LogP contribution is 2.23. The van der Waals surface area contributed by atoms with Crippen molar-refractivity contribution in [2.75, 3.05) is 24.7 Å². The average Bonchev–Trinajstić information content (AvgIpc) is 2.84. The lowest BCUT2D eigenvalue weighted by molar-refractivity contribution is 0.126. The van der Waals surface area contributed by atoms with Crippen molar-refractivity contribution in [2.45, 2.75) is 31.1 Å². The molecule has 20 heavy (non-hydrogen) atoms. The van der Waals surface area contributed by atoms with Crippen molar-refractivity contribution in [2.24, 2.45) is 0 Å². The van der Waals surface area contributed by atoms with E-state index in [1.165, 1.54) is 0 Å². The van der Waals surface area contributed by atoms with Gasteiger partial charge in [0.15, 0.2) is 9.84 Å². The first-order valence-corrected chi connectivity index (χ1v) is 8.53. The van der Waals surface area contributed by atoms with E-state index in [1.807, 2.05) is 19.1 Å². The van der Waals surface area contributed by atoms with Crippen LogP contribution in [-0.4, -0.2) is 38.7 Å². The summed E-state index contributed by atoms with van der Waals surface area (Å²) in [5.41, 5.74) is 6.31. The van der Waals surface area contributed by atoms with Crippen LogP contribution in [0.15, 0.2) is 24.3 Å². The quantitative estimate of drug-likeness (QED) is 0.638. The monoisotopic (exact) mass is 299 g/mol. The van der Waals surface area contributed by atoms with Crippen LogP contribution in [-0.2, 0) is 14.6 Å². The van der Waals surface area contributed by atoms with Crippen molar-refractivity contribution in [1.29, 1.82) is 0 Å². The summed E-state index contributed by atoms with van der Waals surface area (Å²) in [7, 11) is -3.11. The Hall–Kier alpha value is -1.27. The molecule has 0 aromatic heterocycles. The Morgan fingerprint density at radius 2 is 2.15 bits per heavy atom. The van der Waals surface area contributed by atoms with Crippen LogP contribution in [0.25, 0.3) is 0 Å². The highest BCUT2D eigenvalue weighted by Gasteiger charge is 2.35. The van der Waals surface area contributed by atoms with Crippen LogP contribution in [0.4, 0.5) is 5.69 Å². The molecule has 1 aromatic rings. The van der Waals surface area contributed by atoms with E-state index in [0.717, 1.165) is 0 Å². The first-order valence-electron chi connectivity index (χ1n) is 6.81. The zero-order valence-corrected chi connectivity index (χ0v) is 12.4. The van der Waals surface area contributed by atoms with Gasteiger partial charge in [0.2, 0.25) is 0 Å². The van der Waals surface area contributed by atoms with E-state index in [-0.39, 0.29) is 17.1 Å². The van der Waals surface area contributed by atoms with Crippen LogP contribution in [0, 0.1) is 0 Å². The number of rotatable bonds is 6. The molecule has 2 N–H and O–H groups in total. The molecule has 112 valence electrons. The van der Waals surface area contributed by atoms with Crippen molar-refractivity contribution in [3.05, 3.63) is 24.3 Å². The van der Waals surface area contributed by atoms with Crippen LogP contribution < -0.4 is 10.5 Å². The third-order valence-corrected chi connectivity index (χ3v) is 5.92. The van der Waals surface area contributed by atoms with Crippen LogP contribution in [0.3, 0.4) is 0 Å². The molecule has 0 aliphatic carbocycles. The zero-order valence-electron chi connectivity index (χ0n) is 11.6. The van der Waals surface area contributed by atoms with Crippen LogP contribution in [0.1, 0.15) is 19.8 Å². The van der Waals surface area contributed by atoms with E-state index in [1.54, 1.807) is 12.1 Å². The van der Waals surface area contributed by atoms with E-state index in [0.29, 0.717) is 37.5 Å². The molecule has 0 amide bonds. The Morgan fingerprint density at radius 1 is 1.40 bits per heavy atom. The molecule has 6 heteroatoms. The summed E-state index contributed by atoms with van der Waals surface area (Å²) in [5, 5.41) is -0.371. The minimum absolute atomic E-state index is 0.123. The van der Waals surface area contributed by atoms with Gasteiger partial charge in [-0.25, -0.2) is 8.42 Å². The Morgan fingerprint density at radius 3 is 2.80 bits per heavy atom. The Labute approximate surface area is 120 Å². The number of benzene rings is 1. The molecular formula is C14H21NO4S. The molecule has 1 aromatic carbocycles. The van der Waals surface area contributed by atoms with Gasteiger partial charge in [0.05, 0.1) is 29.4 Å². The largest absolute Gasteiger partial charge is 0.491 e. The highest BCUT2D eigenvalue weighted by atomic mass is 32.2. The van der Waals surface area contributed by atoms with Gasteiger partial charge in [0.25, 0.3) is 0 Å². The summed E-state index contributed by atoms with van der Waals surface area (Å²) in [4.78, 5) is 0. The van der Waals surface area contributed by atoms with E-state index in [9.17, 15) is 8.42 Å². The SMILES string of the molecule is CC1OCCC1S(=O)(=O)CCCOc1ccccc1N. The number of ether oxygens (including phenoxy) is 2. The summed E-state index contributed by atoms with van der Waals surface area (Å²) in [6.45, 7) is 2.69. The van der Waals surface area contributed by atoms with Gasteiger partial charge in [0, 0.05) is 6.61 Å². The predicted molar refractivity (Wildman–Crippen MR) is 78.6 cm³/mol. The predicted octanol–water partition coefficient (Wildman–Crippen LogP) is 1.63. The van der Waals surface area contributed by atoms with Crippen LogP contribution >= 0.6 is 0 Å². The molecule has 1 fully saturated rings. The summed E-state index contributed by atoms with van der Waals surface area (Å²) in [6.07, 6.45) is 0.848. The minimum atomic E-state index is -3.11. The second-order valence-electron chi connectivity index (χ2n) is 5.01. The molecule has 1 aliphatic rings. The van der Waals surface area contributed by atoms with Crippen molar-refractivity contribution >= 4 is 15.5 Å². The van der Waals surface area contributed by atoms with E-state index < -0.39 is 9.84 Å². The van der Waals surface area contributed by atoms with Crippen molar-refractivity contribution < 1.29 is 17.9 Å². The number of nitrogens with two attached hydrogens (primary N) is 1. The second kappa shape index (κ2) is 6.45. The lowest BCUT2D eigenvalue weighted by Crippen LogP contribution is -2.30. The first kappa shape index (κ1) is 15.1. The number of para-hydroxylation sites is 2. The third-order valence-electron chi connectivity index (χ3n) is 3.52. The van der Waals surface area contributed by atoms with E-state index in [4.69, 9.17) is 15.2 Å². The molecule has 2 rings (SSSR count). The maximum Gasteiger partial charge on any atom is 0.155 e. The van der Waals surface area contributed by atoms with Crippen LogP contribution in [0.5, 0.6) is 5.75 Å². The molecule has 0 spiro atoms. The molecule has 0 saturated carbocycles. The standard InChI is InChI=1S/C14H21NO4S/c1-11-14(7-9-18-11)20(16,17)10-4-8-19-13-6-3-2-5-12(13)15/h2-3,5-6,11,14H,4,7-10,15H2,1H3. The molecule has 1 saturated heterocycles. The van der Waals surface area contributed by atoms with Gasteiger partial charge in [-0.1, -0.05) is 12.1 Å². The minimum Gasteiger partial charge on any atom is -0.491 e. The number of hydrogen-bond donors (Lipinski definition) is 1. The number of hydrogen-bond acceptors (Lipinski definition) is 5. The molecule has 1 heterocycles. The average molecular weight is 299 g/mol. The summed E-state index contributed by atoms with van der Waals surface area (Å²) in [5.74, 6) is 0.723. The van der Waals surface area contributed by atoms with Crippen LogP contribution in [0.2, 0.25) is 0 Å². The highest BCUT2D eigenvalue weighted by molar-refractivity contribution is 7.92. The maximum absolute atomic E-state index is 12.2. The number of anilines is 1. The fraction of sp³-hybridized carbons (Fsp3) is 0.571. The van der Waals surface area contributed by atoms with Gasteiger partial charge in [0.1, 0.15) is 5.75 Å². The Bertz CT molecular complexity index is 544. The van der Waals surface area contributed by atoms with Gasteiger partial charge in [-0.05, 0) is 31.9 Å². The summed E-state index contributed by atoms with van der Waals surface area (Å²) >= 11 is 0. The number of nitrogen functional groups attached to an aromatic ring is 1. The normalized spacial score (nSPS) is 22.9. The van der Waals surface area contributed by atoms with E-state index in [2.05, 4.69) is 0 Å². The molecule has 2 unspecified atom stereocenters. The first-order chi connectivity index (χ1) is 9.50. The van der Waals surface area contributed by atoms with Gasteiger partial charge in [-0.15, -0.1) is 0 Å². The molecule has 1 aliphatic heterocycles. The third kappa shape index (κ3) is 3.64. The zero-order chi connectivity index (χ0) is 14.6. The van der Waals surface area contributed by atoms with Crippen molar-refractivity contribution in [3.63, 3.8) is 0 Å². The van der Waals surface area contributed by atoms with Gasteiger partial charge < -0.3 is 15.2 Å². The van der Waals surface area contributed by atoms with Crippen molar-refractivity contribution in [1.82, 2.24) is 0 Å². The Kier molecular flexibility index (Phi) is 4.88. The summed E-state index contributed by atoms with van der Waals surface area (Å²) in [6, 6.07) is 7.19. The molecule has 2 atom stereocenters. The topological polar surface area (TPSA) is 78.6 Å². The lowest BCUT2D eigenvalue weighted by atomic mass is 10.3. The summed E-state index contributed by atoms with van der Waals surface area (Å²) < 4.78 is 35.1. The lowest BCUT2D eigenvalue weighted by Gasteiger charge is -2.15. The second-order valence-corrected chi connectivity index (χ2v) is 7.35. The van der Waals surface area contributed by atoms with Gasteiger partial charge in [-0.2, -0.15) is 0 Å². The molecule has 5 nitrogen and oxygen atoms in total. The number of sulfone groups is 1. The maximum atomic E-state index is 12.2. The Balaban J connectivity index is 1.80. The van der Waals surface area contributed by atoms with Gasteiger partial charge >= 0.3 is 0 Å². The van der Waals surface area contributed by atoms with E-state index >= 15 is 0 Å². The molecular weight excluding hydrogens is 278 g/mol. The smallest absolute Gasteiger partial charge is 0.155 e.